The van der Waals surface area contributed by atoms with Crippen LogP contribution in [0.3, 0.4) is 0 Å². The average molecular weight is 233 g/mol. The van der Waals surface area contributed by atoms with E-state index in [1.807, 2.05) is 35.0 Å². The zero-order valence-corrected chi connectivity index (χ0v) is 10.1. The monoisotopic (exact) mass is 233 g/mol. The number of aliphatic hydroxyl groups excluding tert-OH is 1. The highest BCUT2D eigenvalue weighted by Crippen LogP contribution is 2.23. The Kier molecular flexibility index (Phi) is 3.76. The van der Waals surface area contributed by atoms with Gasteiger partial charge < -0.3 is 15.2 Å². The van der Waals surface area contributed by atoms with E-state index in [2.05, 4.69) is 11.9 Å². The molecule has 0 aromatic carbocycles. The molecule has 0 amide bonds. The third-order valence-electron chi connectivity index (χ3n) is 3.19. The number of fused-ring (bicyclic) bond motifs is 1. The first-order valence-electron chi connectivity index (χ1n) is 6.06. The van der Waals surface area contributed by atoms with Crippen molar-refractivity contribution in [1.82, 2.24) is 9.38 Å². The molecule has 17 heavy (non-hydrogen) atoms. The van der Waals surface area contributed by atoms with Gasteiger partial charge in [0.15, 0.2) is 0 Å². The van der Waals surface area contributed by atoms with Crippen LogP contribution in [-0.2, 0) is 0 Å². The third kappa shape index (κ3) is 2.48. The predicted molar refractivity (Wildman–Crippen MR) is 67.9 cm³/mol. The van der Waals surface area contributed by atoms with E-state index in [1.54, 1.807) is 0 Å². The van der Waals surface area contributed by atoms with Crippen LogP contribution in [0.25, 0.3) is 5.65 Å². The first-order chi connectivity index (χ1) is 8.26. The largest absolute Gasteiger partial charge is 0.396 e. The van der Waals surface area contributed by atoms with Crippen molar-refractivity contribution in [1.29, 1.82) is 0 Å². The minimum absolute atomic E-state index is 0.0482. The molecule has 0 saturated heterocycles. The van der Waals surface area contributed by atoms with Crippen LogP contribution in [0.15, 0.2) is 30.6 Å². The number of rotatable bonds is 5. The fourth-order valence-corrected chi connectivity index (χ4v) is 2.14. The Labute approximate surface area is 101 Å². The molecule has 4 nitrogen and oxygen atoms in total. The van der Waals surface area contributed by atoms with E-state index in [9.17, 15) is 0 Å². The zero-order valence-electron chi connectivity index (χ0n) is 10.1. The van der Waals surface area contributed by atoms with Gasteiger partial charge in [-0.25, -0.2) is 4.98 Å². The summed E-state index contributed by atoms with van der Waals surface area (Å²) in [7, 11) is 0. The molecule has 4 heteroatoms. The number of hydrogen-bond donors (Lipinski definition) is 2. The van der Waals surface area contributed by atoms with Crippen molar-refractivity contribution in [3.8, 4) is 0 Å². The first kappa shape index (κ1) is 12.1. The van der Waals surface area contributed by atoms with Crippen LogP contribution in [0.1, 0.15) is 31.4 Å². The van der Waals surface area contributed by atoms with Crippen LogP contribution in [0.5, 0.6) is 0 Å². The molecule has 3 N–H and O–H groups in total. The Morgan fingerprint density at radius 2 is 2.29 bits per heavy atom. The standard InChI is InChI=1S/C13H19N3O/c1-2-11(14)10(6-8-17)12-9-16-7-4-3-5-13(16)15-12/h3-5,7,9-11,17H,2,6,8,14H2,1H3. The molecule has 2 aromatic heterocycles. The molecule has 2 aromatic rings. The Morgan fingerprint density at radius 3 is 2.94 bits per heavy atom. The minimum atomic E-state index is 0.0482. The van der Waals surface area contributed by atoms with Crippen LogP contribution in [0.4, 0.5) is 0 Å². The van der Waals surface area contributed by atoms with E-state index in [0.29, 0.717) is 6.42 Å². The maximum Gasteiger partial charge on any atom is 0.136 e. The smallest absolute Gasteiger partial charge is 0.136 e. The summed E-state index contributed by atoms with van der Waals surface area (Å²) in [6.07, 6.45) is 5.53. The molecular weight excluding hydrogens is 214 g/mol. The molecule has 0 saturated carbocycles. The number of nitrogens with zero attached hydrogens (tertiary/aromatic N) is 2. The summed E-state index contributed by atoms with van der Waals surface area (Å²) in [5.41, 5.74) is 7.99. The van der Waals surface area contributed by atoms with E-state index in [1.165, 1.54) is 0 Å². The zero-order chi connectivity index (χ0) is 12.3. The third-order valence-corrected chi connectivity index (χ3v) is 3.19. The van der Waals surface area contributed by atoms with E-state index in [4.69, 9.17) is 10.8 Å². The van der Waals surface area contributed by atoms with Crippen LogP contribution in [0, 0.1) is 0 Å². The van der Waals surface area contributed by atoms with E-state index < -0.39 is 0 Å². The number of aromatic nitrogens is 2. The van der Waals surface area contributed by atoms with Gasteiger partial charge in [0.1, 0.15) is 5.65 Å². The van der Waals surface area contributed by atoms with Crippen molar-refractivity contribution in [2.45, 2.75) is 31.7 Å². The average Bonchev–Trinajstić information content (AvgIpc) is 2.78. The van der Waals surface area contributed by atoms with Crippen LogP contribution in [0.2, 0.25) is 0 Å². The Balaban J connectivity index is 2.34. The summed E-state index contributed by atoms with van der Waals surface area (Å²) >= 11 is 0. The molecule has 0 radical (unpaired) electrons. The summed E-state index contributed by atoms with van der Waals surface area (Å²) in [6.45, 7) is 2.21. The topological polar surface area (TPSA) is 63.5 Å². The van der Waals surface area contributed by atoms with Gasteiger partial charge in [0, 0.05) is 31.0 Å². The molecule has 0 aliphatic carbocycles. The number of pyridine rings is 1. The predicted octanol–water partition coefficient (Wildman–Crippen LogP) is 1.54. The number of aliphatic hydroxyl groups is 1. The van der Waals surface area contributed by atoms with Gasteiger partial charge in [-0.1, -0.05) is 13.0 Å². The van der Waals surface area contributed by atoms with Gasteiger partial charge in [-0.15, -0.1) is 0 Å². The maximum absolute atomic E-state index is 9.13. The SMILES string of the molecule is CCC(N)C(CCO)c1cn2ccccc2n1. The van der Waals surface area contributed by atoms with Crippen LogP contribution < -0.4 is 5.73 Å². The van der Waals surface area contributed by atoms with Crippen molar-refractivity contribution in [2.75, 3.05) is 6.61 Å². The van der Waals surface area contributed by atoms with Gasteiger partial charge in [0.05, 0.1) is 5.69 Å². The molecule has 0 spiro atoms. The van der Waals surface area contributed by atoms with Crippen molar-refractivity contribution >= 4 is 5.65 Å². The fourth-order valence-electron chi connectivity index (χ4n) is 2.14. The molecule has 2 unspecified atom stereocenters. The van der Waals surface area contributed by atoms with Crippen LogP contribution in [-0.4, -0.2) is 27.1 Å². The van der Waals surface area contributed by atoms with Gasteiger partial charge in [0.2, 0.25) is 0 Å². The van der Waals surface area contributed by atoms with Gasteiger partial charge in [-0.2, -0.15) is 0 Å². The van der Waals surface area contributed by atoms with E-state index in [0.717, 1.165) is 17.8 Å². The molecule has 2 atom stereocenters. The quantitative estimate of drug-likeness (QED) is 0.823. The lowest BCUT2D eigenvalue weighted by Crippen LogP contribution is -2.28. The summed E-state index contributed by atoms with van der Waals surface area (Å²) in [4.78, 5) is 4.57. The second-order valence-corrected chi connectivity index (χ2v) is 4.32. The van der Waals surface area contributed by atoms with E-state index in [-0.39, 0.29) is 18.6 Å². The highest BCUT2D eigenvalue weighted by Gasteiger charge is 2.20. The van der Waals surface area contributed by atoms with Gasteiger partial charge >= 0.3 is 0 Å². The summed E-state index contributed by atoms with van der Waals surface area (Å²) < 4.78 is 1.99. The van der Waals surface area contributed by atoms with Crippen LogP contribution >= 0.6 is 0 Å². The van der Waals surface area contributed by atoms with Crippen molar-refractivity contribution in [3.05, 3.63) is 36.3 Å². The Bertz CT molecular complexity index is 447. The Hall–Kier alpha value is -1.39. The Morgan fingerprint density at radius 1 is 1.47 bits per heavy atom. The highest BCUT2D eigenvalue weighted by atomic mass is 16.3. The second-order valence-electron chi connectivity index (χ2n) is 4.32. The van der Waals surface area contributed by atoms with Crippen molar-refractivity contribution in [2.24, 2.45) is 5.73 Å². The van der Waals surface area contributed by atoms with Gasteiger partial charge in [0.25, 0.3) is 0 Å². The number of imidazole rings is 1. The molecule has 92 valence electrons. The lowest BCUT2D eigenvalue weighted by atomic mass is 9.92. The van der Waals surface area contributed by atoms with E-state index >= 15 is 0 Å². The van der Waals surface area contributed by atoms with Crippen molar-refractivity contribution in [3.63, 3.8) is 0 Å². The first-order valence-corrected chi connectivity index (χ1v) is 6.06. The lowest BCUT2D eigenvalue weighted by molar-refractivity contribution is 0.265. The van der Waals surface area contributed by atoms with Gasteiger partial charge in [-0.3, -0.25) is 0 Å². The molecule has 2 rings (SSSR count). The summed E-state index contributed by atoms with van der Waals surface area (Å²) in [5.74, 6) is 0.130. The molecular formula is C13H19N3O. The number of nitrogens with two attached hydrogens (primary N) is 1. The molecule has 0 fully saturated rings. The summed E-state index contributed by atoms with van der Waals surface area (Å²) in [5, 5.41) is 9.13. The number of hydrogen-bond acceptors (Lipinski definition) is 3. The van der Waals surface area contributed by atoms with Gasteiger partial charge in [-0.05, 0) is 25.0 Å². The fraction of sp³-hybridized carbons (Fsp3) is 0.462. The molecule has 0 aliphatic rings. The maximum atomic E-state index is 9.13. The normalized spacial score (nSPS) is 15.0. The highest BCUT2D eigenvalue weighted by molar-refractivity contribution is 5.40. The summed E-state index contributed by atoms with van der Waals surface area (Å²) in [6, 6.07) is 5.95. The second kappa shape index (κ2) is 5.29. The van der Waals surface area contributed by atoms with Crippen molar-refractivity contribution < 1.29 is 5.11 Å². The molecule has 0 bridgehead atoms. The molecule has 2 heterocycles. The minimum Gasteiger partial charge on any atom is -0.396 e. The lowest BCUT2D eigenvalue weighted by Gasteiger charge is -2.19. The molecule has 0 aliphatic heterocycles.